The number of ether oxygens (including phenoxy) is 1. The maximum Gasteiger partial charge on any atom is 0.255 e. The van der Waals surface area contributed by atoms with Crippen LogP contribution in [0.1, 0.15) is 23.1 Å². The molecule has 29 heavy (non-hydrogen) atoms. The quantitative estimate of drug-likeness (QED) is 0.519. The Labute approximate surface area is 169 Å². The molecule has 1 N–H and O–H groups in total. The Kier molecular flexibility index (Phi) is 5.20. The number of anilines is 1. The number of methoxy groups -OCH3 is 1. The molecule has 0 fully saturated rings. The summed E-state index contributed by atoms with van der Waals surface area (Å²) in [6.45, 7) is 2.03. The minimum absolute atomic E-state index is 0.163. The van der Waals surface area contributed by atoms with Gasteiger partial charge in [-0.05, 0) is 47.9 Å². The van der Waals surface area contributed by atoms with Gasteiger partial charge in [0.05, 0.1) is 12.8 Å². The van der Waals surface area contributed by atoms with E-state index in [9.17, 15) is 4.79 Å². The van der Waals surface area contributed by atoms with E-state index in [1.54, 1.807) is 25.4 Å². The number of carbonyl (C=O) groups excluding carboxylic acids is 1. The SMILES string of the molecule is CCc1nccc(-c2cc(NC(=O)c3ccccc3)c3cc(OC)ccc3c2)n1. The van der Waals surface area contributed by atoms with Crippen molar-refractivity contribution in [3.63, 3.8) is 0 Å². The van der Waals surface area contributed by atoms with Gasteiger partial charge in [0, 0.05) is 34.8 Å². The van der Waals surface area contributed by atoms with E-state index >= 15 is 0 Å². The second-order valence-corrected chi connectivity index (χ2v) is 6.64. The van der Waals surface area contributed by atoms with Gasteiger partial charge in [0.15, 0.2) is 0 Å². The second-order valence-electron chi connectivity index (χ2n) is 6.64. The summed E-state index contributed by atoms with van der Waals surface area (Å²) in [4.78, 5) is 21.7. The van der Waals surface area contributed by atoms with Crippen molar-refractivity contribution in [2.75, 3.05) is 12.4 Å². The molecule has 4 rings (SSSR count). The van der Waals surface area contributed by atoms with E-state index in [1.165, 1.54) is 0 Å². The van der Waals surface area contributed by atoms with Gasteiger partial charge in [-0.2, -0.15) is 0 Å². The van der Waals surface area contributed by atoms with Gasteiger partial charge in [-0.1, -0.05) is 31.2 Å². The molecule has 0 saturated carbocycles. The Hall–Kier alpha value is -3.73. The maximum atomic E-state index is 12.8. The zero-order valence-corrected chi connectivity index (χ0v) is 16.3. The predicted octanol–water partition coefficient (Wildman–Crippen LogP) is 5.12. The fourth-order valence-corrected chi connectivity index (χ4v) is 3.23. The summed E-state index contributed by atoms with van der Waals surface area (Å²) in [7, 11) is 1.63. The lowest BCUT2D eigenvalue weighted by molar-refractivity contribution is 0.102. The number of benzene rings is 3. The Morgan fingerprint density at radius 1 is 1.03 bits per heavy atom. The number of rotatable bonds is 5. The Morgan fingerprint density at radius 2 is 1.86 bits per heavy atom. The third kappa shape index (κ3) is 3.94. The van der Waals surface area contributed by atoms with Crippen LogP contribution < -0.4 is 10.1 Å². The zero-order chi connectivity index (χ0) is 20.2. The molecule has 0 spiro atoms. The largest absolute Gasteiger partial charge is 0.497 e. The average molecular weight is 383 g/mol. The van der Waals surface area contributed by atoms with Gasteiger partial charge in [0.25, 0.3) is 5.91 Å². The normalized spacial score (nSPS) is 10.7. The Balaban J connectivity index is 1.84. The van der Waals surface area contributed by atoms with Crippen molar-refractivity contribution in [3.05, 3.63) is 84.3 Å². The molecule has 0 radical (unpaired) electrons. The fourth-order valence-electron chi connectivity index (χ4n) is 3.23. The van der Waals surface area contributed by atoms with E-state index < -0.39 is 0 Å². The third-order valence-corrected chi connectivity index (χ3v) is 4.76. The highest BCUT2D eigenvalue weighted by atomic mass is 16.5. The minimum Gasteiger partial charge on any atom is -0.497 e. The third-order valence-electron chi connectivity index (χ3n) is 4.76. The van der Waals surface area contributed by atoms with Crippen LogP contribution in [0, 0.1) is 0 Å². The number of aryl methyl sites for hydroxylation is 1. The van der Waals surface area contributed by atoms with Gasteiger partial charge in [-0.15, -0.1) is 0 Å². The zero-order valence-electron chi connectivity index (χ0n) is 16.3. The van der Waals surface area contributed by atoms with Crippen molar-refractivity contribution in [2.24, 2.45) is 0 Å². The highest BCUT2D eigenvalue weighted by molar-refractivity contribution is 6.10. The van der Waals surface area contributed by atoms with Gasteiger partial charge >= 0.3 is 0 Å². The van der Waals surface area contributed by atoms with Crippen LogP contribution in [-0.2, 0) is 6.42 Å². The molecular weight excluding hydrogens is 362 g/mol. The van der Waals surface area contributed by atoms with Gasteiger partial charge in [0.1, 0.15) is 11.6 Å². The molecule has 5 nitrogen and oxygen atoms in total. The van der Waals surface area contributed by atoms with E-state index in [0.717, 1.165) is 40.0 Å². The molecule has 0 unspecified atom stereocenters. The van der Waals surface area contributed by atoms with E-state index in [2.05, 4.69) is 21.4 Å². The molecular formula is C24H21N3O2. The number of nitrogens with zero attached hydrogens (tertiary/aromatic N) is 2. The molecule has 5 heteroatoms. The van der Waals surface area contributed by atoms with E-state index in [0.29, 0.717) is 11.3 Å². The highest BCUT2D eigenvalue weighted by Crippen LogP contribution is 2.33. The van der Waals surface area contributed by atoms with Gasteiger partial charge in [-0.3, -0.25) is 4.79 Å². The monoisotopic (exact) mass is 383 g/mol. The van der Waals surface area contributed by atoms with Gasteiger partial charge < -0.3 is 10.1 Å². The second kappa shape index (κ2) is 8.10. The molecule has 0 atom stereocenters. The first kappa shape index (κ1) is 18.6. The standard InChI is InChI=1S/C24H21N3O2/c1-3-23-25-12-11-21(26-23)18-13-17-9-10-19(29-2)15-20(17)22(14-18)27-24(28)16-7-5-4-6-8-16/h4-15H,3H2,1-2H3,(H,27,28). The Morgan fingerprint density at radius 3 is 2.62 bits per heavy atom. The van der Waals surface area contributed by atoms with Crippen LogP contribution in [0.5, 0.6) is 5.75 Å². The van der Waals surface area contributed by atoms with Crippen LogP contribution >= 0.6 is 0 Å². The van der Waals surface area contributed by atoms with E-state index in [1.807, 2.05) is 55.5 Å². The molecule has 4 aromatic rings. The number of amides is 1. The molecule has 0 bridgehead atoms. The molecule has 0 aliphatic heterocycles. The van der Waals surface area contributed by atoms with Crippen LogP contribution in [0.15, 0.2) is 72.9 Å². The van der Waals surface area contributed by atoms with Crippen LogP contribution in [0.4, 0.5) is 5.69 Å². The van der Waals surface area contributed by atoms with E-state index in [-0.39, 0.29) is 5.91 Å². The molecule has 0 aliphatic rings. The highest BCUT2D eigenvalue weighted by Gasteiger charge is 2.12. The molecule has 1 aromatic heterocycles. The minimum atomic E-state index is -0.163. The first-order valence-electron chi connectivity index (χ1n) is 9.48. The van der Waals surface area contributed by atoms with Crippen molar-refractivity contribution in [3.8, 4) is 17.0 Å². The summed E-state index contributed by atoms with van der Waals surface area (Å²) >= 11 is 0. The van der Waals surface area contributed by atoms with Crippen molar-refractivity contribution in [1.82, 2.24) is 9.97 Å². The summed E-state index contributed by atoms with van der Waals surface area (Å²) in [5, 5.41) is 4.95. The Bertz CT molecular complexity index is 1170. The van der Waals surface area contributed by atoms with Crippen molar-refractivity contribution >= 4 is 22.4 Å². The average Bonchev–Trinajstić information content (AvgIpc) is 2.79. The first-order valence-corrected chi connectivity index (χ1v) is 9.48. The topological polar surface area (TPSA) is 64.1 Å². The van der Waals surface area contributed by atoms with Crippen LogP contribution in [0.25, 0.3) is 22.0 Å². The summed E-state index contributed by atoms with van der Waals surface area (Å²) in [6.07, 6.45) is 2.53. The molecule has 144 valence electrons. The number of hydrogen-bond donors (Lipinski definition) is 1. The van der Waals surface area contributed by atoms with Crippen molar-refractivity contribution < 1.29 is 9.53 Å². The lowest BCUT2D eigenvalue weighted by Gasteiger charge is -2.13. The van der Waals surface area contributed by atoms with Crippen molar-refractivity contribution in [2.45, 2.75) is 13.3 Å². The summed E-state index contributed by atoms with van der Waals surface area (Å²) in [6, 6.07) is 20.9. The fraction of sp³-hybridized carbons (Fsp3) is 0.125. The number of hydrogen-bond acceptors (Lipinski definition) is 4. The summed E-state index contributed by atoms with van der Waals surface area (Å²) in [5.41, 5.74) is 3.05. The first-order chi connectivity index (χ1) is 14.2. The lowest BCUT2D eigenvalue weighted by atomic mass is 10.0. The lowest BCUT2D eigenvalue weighted by Crippen LogP contribution is -2.12. The number of nitrogens with one attached hydrogen (secondary N) is 1. The molecule has 3 aromatic carbocycles. The molecule has 0 aliphatic carbocycles. The number of carbonyl (C=O) groups is 1. The van der Waals surface area contributed by atoms with Crippen molar-refractivity contribution in [1.29, 1.82) is 0 Å². The molecule has 1 heterocycles. The molecule has 0 saturated heterocycles. The van der Waals surface area contributed by atoms with E-state index in [4.69, 9.17) is 4.74 Å². The predicted molar refractivity (Wildman–Crippen MR) is 115 cm³/mol. The molecule has 1 amide bonds. The van der Waals surface area contributed by atoms with Crippen LogP contribution in [0.2, 0.25) is 0 Å². The van der Waals surface area contributed by atoms with Gasteiger partial charge in [-0.25, -0.2) is 9.97 Å². The summed E-state index contributed by atoms with van der Waals surface area (Å²) in [5.74, 6) is 1.35. The number of aromatic nitrogens is 2. The maximum absolute atomic E-state index is 12.8. The van der Waals surface area contributed by atoms with Crippen LogP contribution in [0.3, 0.4) is 0 Å². The summed E-state index contributed by atoms with van der Waals surface area (Å²) < 4.78 is 5.38. The smallest absolute Gasteiger partial charge is 0.255 e. The number of fused-ring (bicyclic) bond motifs is 1. The van der Waals surface area contributed by atoms with Gasteiger partial charge in [0.2, 0.25) is 0 Å². The van der Waals surface area contributed by atoms with Crippen LogP contribution in [-0.4, -0.2) is 23.0 Å².